The van der Waals surface area contributed by atoms with Crippen LogP contribution in [0.1, 0.15) is 18.9 Å². The maximum absolute atomic E-state index is 11.2. The molecule has 86 valence electrons. The first-order valence-corrected chi connectivity index (χ1v) is 4.95. The molecule has 0 radical (unpaired) electrons. The van der Waals surface area contributed by atoms with Gasteiger partial charge in [-0.05, 0) is 24.6 Å². The van der Waals surface area contributed by atoms with E-state index in [1.165, 1.54) is 13.0 Å². The summed E-state index contributed by atoms with van der Waals surface area (Å²) < 4.78 is 0. The molecule has 1 atom stereocenters. The second-order valence-corrected chi connectivity index (χ2v) is 4.15. The van der Waals surface area contributed by atoms with Crippen LogP contribution in [0.3, 0.4) is 0 Å². The fraction of sp³-hybridized carbons (Fsp3) is 0.273. The van der Waals surface area contributed by atoms with E-state index >= 15 is 0 Å². The molecule has 0 aliphatic heterocycles. The summed E-state index contributed by atoms with van der Waals surface area (Å²) in [5.74, 6) is -2.35. The van der Waals surface area contributed by atoms with Gasteiger partial charge < -0.3 is 10.2 Å². The van der Waals surface area contributed by atoms with E-state index in [-0.39, 0.29) is 0 Å². The Morgan fingerprint density at radius 1 is 1.38 bits per heavy atom. The first kappa shape index (κ1) is 12.5. The third-order valence-corrected chi connectivity index (χ3v) is 2.67. The largest absolute Gasteiger partial charge is 0.481 e. The van der Waals surface area contributed by atoms with Gasteiger partial charge >= 0.3 is 11.9 Å². The molecule has 1 aromatic rings. The predicted molar refractivity (Wildman–Crippen MR) is 58.7 cm³/mol. The molecular weight excluding hydrogens is 232 g/mol. The molecule has 16 heavy (non-hydrogen) atoms. The van der Waals surface area contributed by atoms with E-state index in [0.717, 1.165) is 0 Å². The fourth-order valence-electron chi connectivity index (χ4n) is 1.44. The van der Waals surface area contributed by atoms with E-state index in [9.17, 15) is 9.59 Å². The first-order valence-electron chi connectivity index (χ1n) is 4.57. The molecule has 1 unspecified atom stereocenters. The number of hydrogen-bond acceptors (Lipinski definition) is 2. The van der Waals surface area contributed by atoms with E-state index in [1.807, 2.05) is 0 Å². The second kappa shape index (κ2) is 4.53. The first-order chi connectivity index (χ1) is 7.36. The van der Waals surface area contributed by atoms with Gasteiger partial charge in [0.1, 0.15) is 5.41 Å². The number of aliphatic carboxylic acids is 2. The lowest BCUT2D eigenvalue weighted by atomic mass is 9.79. The van der Waals surface area contributed by atoms with Crippen molar-refractivity contribution < 1.29 is 19.8 Å². The van der Waals surface area contributed by atoms with E-state index in [1.54, 1.807) is 18.2 Å². The van der Waals surface area contributed by atoms with Gasteiger partial charge in [0, 0.05) is 5.02 Å². The minimum absolute atomic E-state index is 0.384. The number of carboxylic acids is 2. The van der Waals surface area contributed by atoms with Crippen LogP contribution in [-0.2, 0) is 15.0 Å². The van der Waals surface area contributed by atoms with Gasteiger partial charge in [-0.25, -0.2) is 0 Å². The Labute approximate surface area is 97.5 Å². The third-order valence-electron chi connectivity index (χ3n) is 2.44. The van der Waals surface area contributed by atoms with Gasteiger partial charge in [-0.1, -0.05) is 23.7 Å². The molecule has 0 amide bonds. The summed E-state index contributed by atoms with van der Waals surface area (Å²) in [6.07, 6.45) is -0.483. The predicted octanol–water partition coefficient (Wildman–Crippen LogP) is 2.16. The maximum atomic E-state index is 11.2. The van der Waals surface area contributed by atoms with Crippen molar-refractivity contribution in [2.24, 2.45) is 0 Å². The van der Waals surface area contributed by atoms with Crippen molar-refractivity contribution in [2.45, 2.75) is 18.8 Å². The SMILES string of the molecule is CC(CC(=O)O)(C(=O)O)c1cccc(Cl)c1. The van der Waals surface area contributed by atoms with Gasteiger partial charge in [-0.3, -0.25) is 9.59 Å². The molecule has 0 aliphatic rings. The lowest BCUT2D eigenvalue weighted by Crippen LogP contribution is -2.34. The zero-order chi connectivity index (χ0) is 12.3. The molecule has 0 bridgehead atoms. The topological polar surface area (TPSA) is 74.6 Å². The van der Waals surface area contributed by atoms with E-state index < -0.39 is 23.8 Å². The van der Waals surface area contributed by atoms with Crippen molar-refractivity contribution in [3.63, 3.8) is 0 Å². The summed E-state index contributed by atoms with van der Waals surface area (Å²) in [4.78, 5) is 21.8. The minimum Gasteiger partial charge on any atom is -0.481 e. The summed E-state index contributed by atoms with van der Waals surface area (Å²) >= 11 is 5.75. The molecule has 0 aliphatic carbocycles. The van der Waals surface area contributed by atoms with Crippen molar-refractivity contribution in [2.75, 3.05) is 0 Å². The molecule has 0 aromatic heterocycles. The molecule has 1 rings (SSSR count). The summed E-state index contributed by atoms with van der Waals surface area (Å²) in [6, 6.07) is 6.23. The molecular formula is C11H11ClO4. The van der Waals surface area contributed by atoms with Crippen molar-refractivity contribution in [1.82, 2.24) is 0 Å². The lowest BCUT2D eigenvalue weighted by molar-refractivity contribution is -0.149. The number of carboxylic acid groups (broad SMARTS) is 2. The summed E-state index contributed by atoms with van der Waals surface area (Å²) in [5.41, 5.74) is -1.08. The lowest BCUT2D eigenvalue weighted by Gasteiger charge is -2.23. The highest BCUT2D eigenvalue weighted by molar-refractivity contribution is 6.30. The molecule has 0 heterocycles. The summed E-state index contributed by atoms with van der Waals surface area (Å²) in [5, 5.41) is 18.2. The molecule has 2 N–H and O–H groups in total. The molecule has 0 saturated heterocycles. The number of rotatable bonds is 4. The van der Waals surface area contributed by atoms with Crippen molar-refractivity contribution >= 4 is 23.5 Å². The van der Waals surface area contributed by atoms with Crippen LogP contribution in [0.25, 0.3) is 0 Å². The van der Waals surface area contributed by atoms with Crippen LogP contribution in [0.15, 0.2) is 24.3 Å². The van der Waals surface area contributed by atoms with Crippen LogP contribution >= 0.6 is 11.6 Å². The molecule has 1 aromatic carbocycles. The highest BCUT2D eigenvalue weighted by atomic mass is 35.5. The summed E-state index contributed by atoms with van der Waals surface area (Å²) in [6.45, 7) is 1.37. The highest BCUT2D eigenvalue weighted by Crippen LogP contribution is 2.29. The Balaban J connectivity index is 3.21. The molecule has 0 fully saturated rings. The molecule has 4 nitrogen and oxygen atoms in total. The zero-order valence-corrected chi connectivity index (χ0v) is 9.36. The van der Waals surface area contributed by atoms with Gasteiger partial charge in [0.05, 0.1) is 6.42 Å². The Hall–Kier alpha value is -1.55. The maximum Gasteiger partial charge on any atom is 0.314 e. The Kier molecular flexibility index (Phi) is 3.55. The van der Waals surface area contributed by atoms with Gasteiger partial charge in [0.25, 0.3) is 0 Å². The smallest absolute Gasteiger partial charge is 0.314 e. The molecule has 5 heteroatoms. The van der Waals surface area contributed by atoms with Crippen molar-refractivity contribution in [1.29, 1.82) is 0 Å². The van der Waals surface area contributed by atoms with Crippen molar-refractivity contribution in [3.05, 3.63) is 34.9 Å². The summed E-state index contributed by atoms with van der Waals surface area (Å²) in [7, 11) is 0. The Morgan fingerprint density at radius 3 is 2.44 bits per heavy atom. The van der Waals surface area contributed by atoms with Crippen LogP contribution in [0.4, 0.5) is 0 Å². The fourth-order valence-corrected chi connectivity index (χ4v) is 1.63. The molecule has 0 spiro atoms. The van der Waals surface area contributed by atoms with E-state index in [0.29, 0.717) is 10.6 Å². The van der Waals surface area contributed by atoms with Gasteiger partial charge in [-0.2, -0.15) is 0 Å². The average Bonchev–Trinajstić information content (AvgIpc) is 2.16. The van der Waals surface area contributed by atoms with Crippen LogP contribution < -0.4 is 0 Å². The van der Waals surface area contributed by atoms with Gasteiger partial charge in [-0.15, -0.1) is 0 Å². The zero-order valence-electron chi connectivity index (χ0n) is 8.61. The van der Waals surface area contributed by atoms with Crippen LogP contribution in [0.5, 0.6) is 0 Å². The van der Waals surface area contributed by atoms with Crippen LogP contribution in [-0.4, -0.2) is 22.2 Å². The van der Waals surface area contributed by atoms with Gasteiger partial charge in [0.15, 0.2) is 0 Å². The van der Waals surface area contributed by atoms with Crippen LogP contribution in [0.2, 0.25) is 5.02 Å². The molecule has 0 saturated carbocycles. The normalized spacial score (nSPS) is 14.1. The third kappa shape index (κ3) is 2.52. The van der Waals surface area contributed by atoms with Gasteiger partial charge in [0.2, 0.25) is 0 Å². The minimum atomic E-state index is -1.46. The van der Waals surface area contributed by atoms with Crippen LogP contribution in [0, 0.1) is 0 Å². The number of hydrogen-bond donors (Lipinski definition) is 2. The van der Waals surface area contributed by atoms with E-state index in [4.69, 9.17) is 21.8 Å². The Bertz CT molecular complexity index is 430. The van der Waals surface area contributed by atoms with Crippen molar-refractivity contribution in [3.8, 4) is 0 Å². The number of halogens is 1. The number of benzene rings is 1. The van der Waals surface area contributed by atoms with E-state index in [2.05, 4.69) is 0 Å². The standard InChI is InChI=1S/C11H11ClO4/c1-11(10(15)16,6-9(13)14)7-3-2-4-8(12)5-7/h2-5H,6H2,1H3,(H,13,14)(H,15,16). The quantitative estimate of drug-likeness (QED) is 0.848. The number of carbonyl (C=O) groups is 2. The second-order valence-electron chi connectivity index (χ2n) is 3.72. The average molecular weight is 243 g/mol. The monoisotopic (exact) mass is 242 g/mol. The highest BCUT2D eigenvalue weighted by Gasteiger charge is 2.37. The Morgan fingerprint density at radius 2 is 2.00 bits per heavy atom.